The third-order valence-electron chi connectivity index (χ3n) is 9.54. The topological polar surface area (TPSA) is 469 Å². The zero-order valence-electron chi connectivity index (χ0n) is 37.6. The fourth-order valence-corrected chi connectivity index (χ4v) is 5.91. The Hall–Kier alpha value is -6.64. The fraction of sp³-hybridized carbons (Fsp3) is 0.692. The lowest BCUT2D eigenvalue weighted by atomic mass is 10.0. The van der Waals surface area contributed by atoms with E-state index < -0.39 is 146 Å². The number of nitrogens with one attached hydrogen (secondary N) is 7. The summed E-state index contributed by atoms with van der Waals surface area (Å²) >= 11 is 0. The van der Waals surface area contributed by atoms with Gasteiger partial charge in [0.15, 0.2) is 5.96 Å². The van der Waals surface area contributed by atoms with Crippen LogP contribution in [0.3, 0.4) is 0 Å². The Balaban J connectivity index is 6.60. The van der Waals surface area contributed by atoms with Crippen molar-refractivity contribution < 1.29 is 73.2 Å². The first-order valence-electron chi connectivity index (χ1n) is 21.3. The molecule has 0 aromatic heterocycles. The van der Waals surface area contributed by atoms with E-state index in [1.807, 2.05) is 13.8 Å². The predicted molar refractivity (Wildman–Crippen MR) is 233 cm³/mol. The number of rotatable bonds is 34. The lowest BCUT2D eigenvalue weighted by molar-refractivity contribution is -0.142. The van der Waals surface area contributed by atoms with E-state index in [1.165, 1.54) is 0 Å². The van der Waals surface area contributed by atoms with Crippen molar-refractivity contribution in [3.05, 3.63) is 0 Å². The summed E-state index contributed by atoms with van der Waals surface area (Å²) < 4.78 is 0. The Kier molecular flexibility index (Phi) is 28.1. The van der Waals surface area contributed by atoms with Crippen molar-refractivity contribution >= 4 is 71.2 Å². The molecule has 0 aromatic rings. The molecule has 0 saturated heterocycles. The number of guanidine groups is 1. The van der Waals surface area contributed by atoms with Gasteiger partial charge in [0.1, 0.15) is 42.3 Å². The molecule has 19 N–H and O–H groups in total. The van der Waals surface area contributed by atoms with Crippen molar-refractivity contribution in [3.63, 3.8) is 0 Å². The van der Waals surface area contributed by atoms with E-state index in [0.29, 0.717) is 6.42 Å². The summed E-state index contributed by atoms with van der Waals surface area (Å²) in [6, 6.07) is -11.6. The monoisotopic (exact) mass is 944 g/mol. The van der Waals surface area contributed by atoms with Gasteiger partial charge in [-0.25, -0.2) is 0 Å². The van der Waals surface area contributed by atoms with Gasteiger partial charge in [-0.3, -0.25) is 57.7 Å². The molecular formula is C39H68N12O15. The molecule has 0 aromatic carbocycles. The second-order valence-electron chi connectivity index (χ2n) is 15.9. The molecule has 0 spiro atoms. The minimum Gasteiger partial charge on any atom is -0.481 e. The maximum atomic E-state index is 13.9. The molecule has 374 valence electrons. The molecule has 0 saturated carbocycles. The second-order valence-corrected chi connectivity index (χ2v) is 15.9. The van der Waals surface area contributed by atoms with Gasteiger partial charge in [-0.2, -0.15) is 0 Å². The smallest absolute Gasteiger partial charge is 0.325 e. The van der Waals surface area contributed by atoms with Gasteiger partial charge in [-0.15, -0.1) is 0 Å². The highest BCUT2D eigenvalue weighted by Gasteiger charge is 2.34. The summed E-state index contributed by atoms with van der Waals surface area (Å²) in [7, 11) is 0. The number of carbonyl (C=O) groups excluding carboxylic acids is 7. The number of aliphatic imine (C=N–C) groups is 1. The molecule has 27 heteroatoms. The van der Waals surface area contributed by atoms with Gasteiger partial charge < -0.3 is 80.6 Å². The van der Waals surface area contributed by atoms with Crippen LogP contribution in [-0.4, -0.2) is 153 Å². The van der Waals surface area contributed by atoms with Crippen molar-refractivity contribution in [2.45, 2.75) is 153 Å². The minimum atomic E-state index is -1.68. The molecule has 66 heavy (non-hydrogen) atoms. The number of carboxylic acids is 4. The zero-order chi connectivity index (χ0) is 50.7. The first kappa shape index (κ1) is 59.4. The van der Waals surface area contributed by atoms with E-state index in [2.05, 4.69) is 42.2 Å². The van der Waals surface area contributed by atoms with E-state index in [0.717, 1.165) is 13.8 Å². The Morgan fingerprint density at radius 3 is 1.18 bits per heavy atom. The number of amides is 7. The molecule has 0 aliphatic heterocycles. The van der Waals surface area contributed by atoms with Crippen LogP contribution in [0.1, 0.15) is 105 Å². The molecule has 0 rings (SSSR count). The van der Waals surface area contributed by atoms with Crippen molar-refractivity contribution in [2.75, 3.05) is 13.1 Å². The van der Waals surface area contributed by atoms with Crippen molar-refractivity contribution in [1.82, 2.24) is 37.2 Å². The molecule has 0 radical (unpaired) electrons. The van der Waals surface area contributed by atoms with E-state index in [-0.39, 0.29) is 63.5 Å². The Morgan fingerprint density at radius 1 is 0.470 bits per heavy atom. The van der Waals surface area contributed by atoms with Crippen molar-refractivity contribution in [3.8, 4) is 0 Å². The Labute approximate surface area is 381 Å². The summed E-state index contributed by atoms with van der Waals surface area (Å²) in [4.78, 5) is 143. The van der Waals surface area contributed by atoms with Gasteiger partial charge in [0.25, 0.3) is 0 Å². The summed E-state index contributed by atoms with van der Waals surface area (Å²) in [5.41, 5.74) is 22.5. The maximum Gasteiger partial charge on any atom is 0.325 e. The van der Waals surface area contributed by atoms with Gasteiger partial charge in [-0.05, 0) is 84.1 Å². The van der Waals surface area contributed by atoms with Crippen LogP contribution in [0.25, 0.3) is 0 Å². The number of carbonyl (C=O) groups is 11. The van der Waals surface area contributed by atoms with Crippen LogP contribution >= 0.6 is 0 Å². The quantitative estimate of drug-likeness (QED) is 0.0165. The molecule has 0 unspecified atom stereocenters. The lowest BCUT2D eigenvalue weighted by Crippen LogP contribution is -2.60. The zero-order valence-corrected chi connectivity index (χ0v) is 37.6. The standard InChI is InChI=1S/C39H68N12O15/c1-19(2)18-22(41)32(59)48-27(12-15-30(56)57)37(64)49-23(8-5-6-16-40)35(62)50-24(9-7-17-44-39(42)43)36(63)51-26(11-14-29(54)55)33(60)45-20(3)31(58)47-25(10-13-28(52)53)34(61)46-21(4)38(65)66/h19-27H,5-18,40-41H2,1-4H3,(H,45,60)(H,46,61)(H,47,58)(H,48,59)(H,49,64)(H,50,62)(H,51,63)(H,52,53)(H,54,55)(H,56,57)(H,65,66)(H4,42,43,44)/t20-,21-,22-,23-,24-,25-,26-,27-/m0/s1. The maximum absolute atomic E-state index is 13.9. The largest absolute Gasteiger partial charge is 0.481 e. The van der Waals surface area contributed by atoms with E-state index in [4.69, 9.17) is 33.1 Å². The Morgan fingerprint density at radius 2 is 0.818 bits per heavy atom. The highest BCUT2D eigenvalue weighted by Crippen LogP contribution is 2.10. The fourth-order valence-electron chi connectivity index (χ4n) is 5.91. The number of aliphatic carboxylic acids is 4. The lowest BCUT2D eigenvalue weighted by Gasteiger charge is -2.27. The van der Waals surface area contributed by atoms with Crippen molar-refractivity contribution in [2.24, 2.45) is 33.8 Å². The number of carboxylic acid groups (broad SMARTS) is 4. The summed E-state index contributed by atoms with van der Waals surface area (Å²) in [5, 5.41) is 53.5. The number of hydrogen-bond acceptors (Lipinski definition) is 14. The molecule has 0 aliphatic rings. The van der Waals surface area contributed by atoms with Crippen LogP contribution in [0.4, 0.5) is 0 Å². The summed E-state index contributed by atoms with van der Waals surface area (Å²) in [6.45, 7) is 6.08. The van der Waals surface area contributed by atoms with Crippen LogP contribution in [0, 0.1) is 5.92 Å². The van der Waals surface area contributed by atoms with Gasteiger partial charge in [0.05, 0.1) is 6.04 Å². The number of nitrogens with two attached hydrogens (primary N) is 4. The predicted octanol–water partition coefficient (Wildman–Crippen LogP) is -4.35. The molecular weight excluding hydrogens is 876 g/mol. The number of hydrogen-bond donors (Lipinski definition) is 15. The summed E-state index contributed by atoms with van der Waals surface area (Å²) in [5.74, 6) is -12.5. The molecule has 8 atom stereocenters. The van der Waals surface area contributed by atoms with Gasteiger partial charge in [-0.1, -0.05) is 13.8 Å². The average Bonchev–Trinajstić information content (AvgIpc) is 3.21. The second kappa shape index (κ2) is 31.3. The number of unbranched alkanes of at least 4 members (excludes halogenated alkanes) is 1. The minimum absolute atomic E-state index is 0.00439. The SMILES string of the molecule is CC(C)C[C@H](N)C(=O)N[C@@H](CCC(=O)O)C(=O)N[C@@H](CCCCN)C(=O)N[C@@H](CCCN=C(N)N)C(=O)N[C@@H](CCC(=O)O)C(=O)N[C@@H](C)C(=O)N[C@@H](CCC(=O)O)C(=O)N[C@@H](C)C(=O)O. The van der Waals surface area contributed by atoms with Crippen molar-refractivity contribution in [1.29, 1.82) is 0 Å². The van der Waals surface area contributed by atoms with Gasteiger partial charge in [0.2, 0.25) is 41.4 Å². The van der Waals surface area contributed by atoms with Crippen LogP contribution in [0.2, 0.25) is 0 Å². The third kappa shape index (κ3) is 25.6. The molecule has 27 nitrogen and oxygen atoms in total. The molecule has 0 fully saturated rings. The Bertz CT molecular complexity index is 1730. The highest BCUT2D eigenvalue weighted by molar-refractivity contribution is 5.97. The van der Waals surface area contributed by atoms with Crippen LogP contribution in [0.5, 0.6) is 0 Å². The molecule has 0 bridgehead atoms. The highest BCUT2D eigenvalue weighted by atomic mass is 16.4. The van der Waals surface area contributed by atoms with E-state index in [9.17, 15) is 63.0 Å². The first-order valence-corrected chi connectivity index (χ1v) is 21.3. The summed E-state index contributed by atoms with van der Waals surface area (Å²) in [6.07, 6.45) is -2.53. The van der Waals surface area contributed by atoms with E-state index in [1.54, 1.807) is 0 Å². The third-order valence-corrected chi connectivity index (χ3v) is 9.54. The van der Waals surface area contributed by atoms with Gasteiger partial charge >= 0.3 is 23.9 Å². The average molecular weight is 945 g/mol. The van der Waals surface area contributed by atoms with E-state index >= 15 is 0 Å². The van der Waals surface area contributed by atoms with Crippen LogP contribution < -0.4 is 60.2 Å². The molecule has 0 heterocycles. The van der Waals surface area contributed by atoms with Crippen LogP contribution in [0.15, 0.2) is 4.99 Å². The van der Waals surface area contributed by atoms with Gasteiger partial charge in [0, 0.05) is 25.8 Å². The first-order chi connectivity index (χ1) is 30.8. The normalized spacial score (nSPS) is 14.5. The number of nitrogens with zero attached hydrogens (tertiary/aromatic N) is 1. The molecule has 0 aliphatic carbocycles. The molecule has 7 amide bonds. The van der Waals surface area contributed by atoms with Crippen LogP contribution in [-0.2, 0) is 52.7 Å².